The molecule has 0 aromatic carbocycles. The van der Waals surface area contributed by atoms with Crippen molar-refractivity contribution in [3.05, 3.63) is 40.6 Å². The van der Waals surface area contributed by atoms with Crippen LogP contribution in [0.5, 0.6) is 0 Å². The first-order chi connectivity index (χ1) is 12.8. The smallest absolute Gasteiger partial charge is 0.310 e. The molecule has 0 aliphatic carbocycles. The van der Waals surface area contributed by atoms with Crippen molar-refractivity contribution in [2.45, 2.75) is 18.1 Å². The van der Waals surface area contributed by atoms with Crippen LogP contribution in [0.15, 0.2) is 40.1 Å². The van der Waals surface area contributed by atoms with Gasteiger partial charge in [0, 0.05) is 23.9 Å². The molecule has 0 saturated heterocycles. The van der Waals surface area contributed by atoms with Crippen molar-refractivity contribution in [1.82, 2.24) is 23.9 Å². The molecule has 0 N–H and O–H groups in total. The predicted octanol–water partition coefficient (Wildman–Crippen LogP) is 5.18. The van der Waals surface area contributed by atoms with Crippen LogP contribution in [0.25, 0.3) is 28.3 Å². The Morgan fingerprint density at radius 1 is 1.22 bits per heavy atom. The molecule has 0 amide bonds. The first-order valence-electron chi connectivity index (χ1n) is 8.00. The fourth-order valence-corrected chi connectivity index (χ4v) is 4.02. The molecule has 4 heterocycles. The Morgan fingerprint density at radius 2 is 2.00 bits per heavy atom. The first kappa shape index (κ1) is 18.3. The molecule has 0 aliphatic rings. The van der Waals surface area contributed by atoms with Crippen molar-refractivity contribution in [3.8, 4) is 11.5 Å². The van der Waals surface area contributed by atoms with Gasteiger partial charge in [0.2, 0.25) is 0 Å². The lowest BCUT2D eigenvalue weighted by Crippen LogP contribution is -2.05. The van der Waals surface area contributed by atoms with Crippen molar-refractivity contribution in [1.29, 1.82) is 0 Å². The molecular formula is C17H13BrF3N5S. The lowest BCUT2D eigenvalue weighted by molar-refractivity contribution is -0.137. The molecule has 0 fully saturated rings. The molecule has 0 aliphatic heterocycles. The number of pyridine rings is 2. The van der Waals surface area contributed by atoms with E-state index in [0.717, 1.165) is 33.2 Å². The number of aromatic nitrogens is 5. The van der Waals surface area contributed by atoms with E-state index < -0.39 is 11.7 Å². The summed E-state index contributed by atoms with van der Waals surface area (Å²) in [6.45, 7) is 2.03. The number of thioether (sulfide) groups is 1. The van der Waals surface area contributed by atoms with Gasteiger partial charge in [0.15, 0.2) is 11.5 Å². The number of hydrogen-bond donors (Lipinski definition) is 0. The van der Waals surface area contributed by atoms with E-state index in [0.29, 0.717) is 17.2 Å². The normalized spacial score (nSPS) is 12.4. The Labute approximate surface area is 164 Å². The number of aryl methyl sites for hydroxylation is 1. The van der Waals surface area contributed by atoms with Gasteiger partial charge in [-0.1, -0.05) is 22.9 Å². The molecule has 0 bridgehead atoms. The summed E-state index contributed by atoms with van der Waals surface area (Å²) in [5, 5.41) is 0.884. The van der Waals surface area contributed by atoms with Crippen molar-refractivity contribution >= 4 is 44.5 Å². The van der Waals surface area contributed by atoms with Gasteiger partial charge in [-0.25, -0.2) is 15.0 Å². The van der Waals surface area contributed by atoms with Crippen LogP contribution < -0.4 is 0 Å². The van der Waals surface area contributed by atoms with E-state index in [1.807, 2.05) is 29.7 Å². The molecule has 4 aromatic heterocycles. The van der Waals surface area contributed by atoms with Gasteiger partial charge in [-0.3, -0.25) is 4.40 Å². The summed E-state index contributed by atoms with van der Waals surface area (Å²) in [6.07, 6.45) is -1.73. The summed E-state index contributed by atoms with van der Waals surface area (Å²) in [5.74, 6) is 1.30. The zero-order chi connectivity index (χ0) is 19.3. The topological polar surface area (TPSA) is 48.0 Å². The zero-order valence-corrected chi connectivity index (χ0v) is 16.7. The molecular weight excluding hydrogens is 443 g/mol. The van der Waals surface area contributed by atoms with E-state index in [1.54, 1.807) is 23.4 Å². The third-order valence-corrected chi connectivity index (χ3v) is 5.52. The zero-order valence-electron chi connectivity index (χ0n) is 14.3. The highest BCUT2D eigenvalue weighted by atomic mass is 79.9. The Hall–Kier alpha value is -2.07. The lowest BCUT2D eigenvalue weighted by atomic mass is 10.2. The summed E-state index contributed by atoms with van der Waals surface area (Å²) in [7, 11) is 1.73. The van der Waals surface area contributed by atoms with Gasteiger partial charge in [0.05, 0.1) is 5.56 Å². The van der Waals surface area contributed by atoms with Gasteiger partial charge in [-0.05, 0) is 24.0 Å². The van der Waals surface area contributed by atoms with E-state index in [9.17, 15) is 13.2 Å². The van der Waals surface area contributed by atoms with Crippen LogP contribution in [0.3, 0.4) is 0 Å². The summed E-state index contributed by atoms with van der Waals surface area (Å²) in [4.78, 5) is 13.1. The Morgan fingerprint density at radius 3 is 2.70 bits per heavy atom. The summed E-state index contributed by atoms with van der Waals surface area (Å²) in [5.41, 5.74) is 1.10. The van der Waals surface area contributed by atoms with E-state index >= 15 is 0 Å². The number of alkyl halides is 3. The average molecular weight is 456 g/mol. The van der Waals surface area contributed by atoms with Crippen LogP contribution in [0, 0.1) is 0 Å². The van der Waals surface area contributed by atoms with Crippen molar-refractivity contribution in [3.63, 3.8) is 0 Å². The molecule has 27 heavy (non-hydrogen) atoms. The van der Waals surface area contributed by atoms with Crippen LogP contribution in [-0.4, -0.2) is 29.7 Å². The van der Waals surface area contributed by atoms with E-state index in [2.05, 4.69) is 30.9 Å². The standard InChI is InChI=1S/C17H13BrF3N5S/c1-3-27-16-13(24-12-7-10(18)4-5-26(12)16)15-23-11-6-9(17(19,20)21)8-22-14(11)25(15)2/h4-8H,3H2,1-2H3. The minimum atomic E-state index is -4.46. The van der Waals surface area contributed by atoms with Gasteiger partial charge in [-0.15, -0.1) is 11.8 Å². The van der Waals surface area contributed by atoms with Gasteiger partial charge in [-0.2, -0.15) is 13.2 Å². The summed E-state index contributed by atoms with van der Waals surface area (Å²) < 4.78 is 43.5. The molecule has 10 heteroatoms. The lowest BCUT2D eigenvalue weighted by Gasteiger charge is -2.05. The number of halogens is 4. The number of rotatable bonds is 3. The second kappa shape index (κ2) is 6.52. The fourth-order valence-electron chi connectivity index (χ4n) is 2.86. The van der Waals surface area contributed by atoms with E-state index in [1.165, 1.54) is 0 Å². The maximum absolute atomic E-state index is 13.0. The van der Waals surface area contributed by atoms with Gasteiger partial charge in [0.1, 0.15) is 21.9 Å². The third kappa shape index (κ3) is 3.10. The maximum Gasteiger partial charge on any atom is 0.417 e. The molecule has 0 spiro atoms. The molecule has 5 nitrogen and oxygen atoms in total. The first-order valence-corrected chi connectivity index (χ1v) is 9.78. The van der Waals surface area contributed by atoms with Crippen LogP contribution in [0.4, 0.5) is 13.2 Å². The number of nitrogens with zero attached hydrogens (tertiary/aromatic N) is 5. The minimum Gasteiger partial charge on any atom is -0.310 e. The highest BCUT2D eigenvalue weighted by Gasteiger charge is 2.32. The average Bonchev–Trinajstić information content (AvgIpc) is 3.12. The minimum absolute atomic E-state index is 0.188. The Balaban J connectivity index is 1.96. The Kier molecular flexibility index (Phi) is 4.42. The largest absolute Gasteiger partial charge is 0.417 e. The van der Waals surface area contributed by atoms with Crippen LogP contribution in [-0.2, 0) is 13.2 Å². The Bertz CT molecular complexity index is 1160. The fraction of sp³-hybridized carbons (Fsp3) is 0.235. The molecule has 140 valence electrons. The highest BCUT2D eigenvalue weighted by Crippen LogP contribution is 2.35. The number of fused-ring (bicyclic) bond motifs is 2. The molecule has 0 atom stereocenters. The van der Waals surface area contributed by atoms with Crippen LogP contribution >= 0.6 is 27.7 Å². The SMILES string of the molecule is CCSc1c(-c2nc3cc(C(F)(F)F)cnc3n2C)nc2cc(Br)ccn12. The van der Waals surface area contributed by atoms with Crippen molar-refractivity contribution in [2.75, 3.05) is 5.75 Å². The maximum atomic E-state index is 13.0. The molecule has 4 rings (SSSR count). The number of hydrogen-bond acceptors (Lipinski definition) is 4. The van der Waals surface area contributed by atoms with Gasteiger partial charge in [0.25, 0.3) is 0 Å². The second-order valence-electron chi connectivity index (χ2n) is 5.83. The van der Waals surface area contributed by atoms with Gasteiger partial charge >= 0.3 is 6.18 Å². The molecule has 0 unspecified atom stereocenters. The number of imidazole rings is 2. The third-order valence-electron chi connectivity index (χ3n) is 4.07. The molecule has 4 aromatic rings. The predicted molar refractivity (Wildman–Crippen MR) is 102 cm³/mol. The van der Waals surface area contributed by atoms with E-state index in [-0.39, 0.29) is 5.52 Å². The second-order valence-corrected chi connectivity index (χ2v) is 8.00. The highest BCUT2D eigenvalue weighted by molar-refractivity contribution is 9.10. The molecule has 0 radical (unpaired) electrons. The summed E-state index contributed by atoms with van der Waals surface area (Å²) >= 11 is 5.03. The van der Waals surface area contributed by atoms with Crippen LogP contribution in [0.1, 0.15) is 12.5 Å². The van der Waals surface area contributed by atoms with Gasteiger partial charge < -0.3 is 4.57 Å². The van der Waals surface area contributed by atoms with Crippen molar-refractivity contribution < 1.29 is 13.2 Å². The summed E-state index contributed by atoms with van der Waals surface area (Å²) in [6, 6.07) is 4.81. The monoisotopic (exact) mass is 455 g/mol. The molecule has 0 saturated carbocycles. The van der Waals surface area contributed by atoms with Crippen molar-refractivity contribution in [2.24, 2.45) is 7.05 Å². The van der Waals surface area contributed by atoms with Crippen LogP contribution in [0.2, 0.25) is 0 Å². The quantitative estimate of drug-likeness (QED) is 0.399. The van der Waals surface area contributed by atoms with E-state index in [4.69, 9.17) is 0 Å².